The van der Waals surface area contributed by atoms with E-state index in [4.69, 9.17) is 0 Å². The predicted octanol–water partition coefficient (Wildman–Crippen LogP) is 3.01. The summed E-state index contributed by atoms with van der Waals surface area (Å²) in [7, 11) is -3.65. The Morgan fingerprint density at radius 2 is 1.81 bits per heavy atom. The third-order valence-electron chi connectivity index (χ3n) is 2.99. The van der Waals surface area contributed by atoms with Crippen LogP contribution in [-0.4, -0.2) is 19.9 Å². The standard InChI is InChI=1S/C15H19N3O2S/c1-3-10-17-14-7-4-5-9-15(14)21(19,20)18-13-8-6-11-16-12(13)2/h4-9,11,17-18H,3,10H2,1-2H3. The van der Waals surface area contributed by atoms with Gasteiger partial charge in [-0.3, -0.25) is 9.71 Å². The minimum absolute atomic E-state index is 0.238. The Bertz CT molecular complexity index is 714. The van der Waals surface area contributed by atoms with Crippen LogP contribution in [0.25, 0.3) is 0 Å². The second-order valence-corrected chi connectivity index (χ2v) is 6.32. The number of nitrogens with zero attached hydrogens (tertiary/aromatic N) is 1. The summed E-state index contributed by atoms with van der Waals surface area (Å²) in [4.78, 5) is 4.32. The number of sulfonamides is 1. The van der Waals surface area contributed by atoms with Crippen LogP contribution in [0, 0.1) is 6.92 Å². The Labute approximate surface area is 125 Å². The van der Waals surface area contributed by atoms with Crippen molar-refractivity contribution in [1.29, 1.82) is 0 Å². The van der Waals surface area contributed by atoms with Gasteiger partial charge in [-0.15, -0.1) is 0 Å². The van der Waals surface area contributed by atoms with E-state index in [9.17, 15) is 8.42 Å². The predicted molar refractivity (Wildman–Crippen MR) is 85.0 cm³/mol. The van der Waals surface area contributed by atoms with E-state index in [1.54, 1.807) is 43.5 Å². The Balaban J connectivity index is 2.34. The second-order valence-electron chi connectivity index (χ2n) is 4.66. The average molecular weight is 305 g/mol. The van der Waals surface area contributed by atoms with Gasteiger partial charge in [-0.1, -0.05) is 19.1 Å². The molecule has 2 N–H and O–H groups in total. The van der Waals surface area contributed by atoms with E-state index in [1.807, 2.05) is 13.0 Å². The van der Waals surface area contributed by atoms with Crippen molar-refractivity contribution in [3.63, 3.8) is 0 Å². The van der Waals surface area contributed by atoms with Gasteiger partial charge in [-0.2, -0.15) is 0 Å². The molecule has 0 bridgehead atoms. The number of aryl methyl sites for hydroxylation is 1. The van der Waals surface area contributed by atoms with Crippen LogP contribution in [0.2, 0.25) is 0 Å². The van der Waals surface area contributed by atoms with E-state index in [2.05, 4.69) is 15.0 Å². The normalized spacial score (nSPS) is 11.1. The number of hydrogen-bond acceptors (Lipinski definition) is 4. The largest absolute Gasteiger partial charge is 0.384 e. The number of para-hydroxylation sites is 1. The van der Waals surface area contributed by atoms with Crippen molar-refractivity contribution in [2.24, 2.45) is 0 Å². The molecule has 21 heavy (non-hydrogen) atoms. The minimum Gasteiger partial charge on any atom is -0.384 e. The SMILES string of the molecule is CCCNc1ccccc1S(=O)(=O)Nc1cccnc1C. The van der Waals surface area contributed by atoms with Gasteiger partial charge < -0.3 is 5.32 Å². The molecule has 0 spiro atoms. The molecule has 5 nitrogen and oxygen atoms in total. The monoisotopic (exact) mass is 305 g/mol. The van der Waals surface area contributed by atoms with Crippen LogP contribution in [0.3, 0.4) is 0 Å². The van der Waals surface area contributed by atoms with Crippen molar-refractivity contribution in [3.8, 4) is 0 Å². The highest BCUT2D eigenvalue weighted by atomic mass is 32.2. The number of anilines is 2. The van der Waals surface area contributed by atoms with Crippen molar-refractivity contribution in [2.75, 3.05) is 16.6 Å². The van der Waals surface area contributed by atoms with Crippen LogP contribution >= 0.6 is 0 Å². The molecule has 112 valence electrons. The Kier molecular flexibility index (Phi) is 4.80. The molecule has 1 aromatic heterocycles. The van der Waals surface area contributed by atoms with Crippen molar-refractivity contribution < 1.29 is 8.42 Å². The molecule has 0 atom stereocenters. The van der Waals surface area contributed by atoms with Crippen LogP contribution in [0.5, 0.6) is 0 Å². The maximum Gasteiger partial charge on any atom is 0.264 e. The summed E-state index contributed by atoms with van der Waals surface area (Å²) < 4.78 is 27.7. The van der Waals surface area contributed by atoms with E-state index < -0.39 is 10.0 Å². The van der Waals surface area contributed by atoms with Gasteiger partial charge in [0.05, 0.1) is 17.1 Å². The Morgan fingerprint density at radius 3 is 2.52 bits per heavy atom. The lowest BCUT2D eigenvalue weighted by atomic mass is 10.3. The highest BCUT2D eigenvalue weighted by molar-refractivity contribution is 7.92. The summed E-state index contributed by atoms with van der Waals surface area (Å²) in [5.74, 6) is 0. The molecular formula is C15H19N3O2S. The third-order valence-corrected chi connectivity index (χ3v) is 4.42. The van der Waals surface area contributed by atoms with Gasteiger partial charge in [0, 0.05) is 12.7 Å². The number of rotatable bonds is 6. The molecule has 2 rings (SSSR count). The molecule has 0 aliphatic carbocycles. The first kappa shape index (κ1) is 15.3. The van der Waals surface area contributed by atoms with Crippen molar-refractivity contribution in [1.82, 2.24) is 4.98 Å². The number of nitrogens with one attached hydrogen (secondary N) is 2. The molecule has 0 fully saturated rings. The fourth-order valence-corrected chi connectivity index (χ4v) is 3.20. The molecule has 0 radical (unpaired) electrons. The molecule has 6 heteroatoms. The van der Waals surface area contributed by atoms with Gasteiger partial charge in [0.2, 0.25) is 0 Å². The number of pyridine rings is 1. The Morgan fingerprint density at radius 1 is 1.10 bits per heavy atom. The third kappa shape index (κ3) is 3.72. The fourth-order valence-electron chi connectivity index (χ4n) is 1.90. The van der Waals surface area contributed by atoms with Crippen LogP contribution < -0.4 is 10.0 Å². The smallest absolute Gasteiger partial charge is 0.264 e. The lowest BCUT2D eigenvalue weighted by Gasteiger charge is -2.14. The van der Waals surface area contributed by atoms with Crippen LogP contribution in [0.15, 0.2) is 47.5 Å². The first-order valence-corrected chi connectivity index (χ1v) is 8.30. The van der Waals surface area contributed by atoms with Crippen LogP contribution in [0.1, 0.15) is 19.0 Å². The van der Waals surface area contributed by atoms with Gasteiger partial charge in [0.1, 0.15) is 4.90 Å². The van der Waals surface area contributed by atoms with Gasteiger partial charge in [0.15, 0.2) is 0 Å². The summed E-state index contributed by atoms with van der Waals surface area (Å²) in [5, 5.41) is 3.13. The van der Waals surface area contributed by atoms with Gasteiger partial charge >= 0.3 is 0 Å². The summed E-state index contributed by atoms with van der Waals surface area (Å²) in [6.07, 6.45) is 2.55. The van der Waals surface area contributed by atoms with Gasteiger partial charge in [-0.05, 0) is 37.6 Å². The molecule has 0 aliphatic rings. The summed E-state index contributed by atoms with van der Waals surface area (Å²) in [6, 6.07) is 10.3. The zero-order chi connectivity index (χ0) is 15.3. The zero-order valence-corrected chi connectivity index (χ0v) is 12.9. The molecule has 0 saturated heterocycles. The van der Waals surface area contributed by atoms with E-state index in [-0.39, 0.29) is 4.90 Å². The number of hydrogen-bond donors (Lipinski definition) is 2. The van der Waals surface area contributed by atoms with Crippen molar-refractivity contribution in [2.45, 2.75) is 25.2 Å². The lowest BCUT2D eigenvalue weighted by molar-refractivity contribution is 0.601. The molecule has 0 amide bonds. The molecule has 0 unspecified atom stereocenters. The van der Waals surface area contributed by atoms with Crippen molar-refractivity contribution >= 4 is 21.4 Å². The first-order chi connectivity index (χ1) is 10.0. The Hall–Kier alpha value is -2.08. The second kappa shape index (κ2) is 6.58. The summed E-state index contributed by atoms with van der Waals surface area (Å²) in [6.45, 7) is 4.51. The van der Waals surface area contributed by atoms with E-state index >= 15 is 0 Å². The van der Waals surface area contributed by atoms with E-state index in [0.717, 1.165) is 13.0 Å². The first-order valence-electron chi connectivity index (χ1n) is 6.82. The van der Waals surface area contributed by atoms with E-state index in [1.165, 1.54) is 0 Å². The maximum absolute atomic E-state index is 12.6. The quantitative estimate of drug-likeness (QED) is 0.860. The molecular weight excluding hydrogens is 286 g/mol. The maximum atomic E-state index is 12.6. The summed E-state index contributed by atoms with van der Waals surface area (Å²) >= 11 is 0. The molecule has 0 aliphatic heterocycles. The molecule has 1 heterocycles. The van der Waals surface area contributed by atoms with Crippen molar-refractivity contribution in [3.05, 3.63) is 48.3 Å². The van der Waals surface area contributed by atoms with Gasteiger partial charge in [0.25, 0.3) is 10.0 Å². The number of benzene rings is 1. The summed E-state index contributed by atoms with van der Waals surface area (Å²) in [5.41, 5.74) is 1.73. The van der Waals surface area contributed by atoms with Crippen LogP contribution in [0.4, 0.5) is 11.4 Å². The fraction of sp³-hybridized carbons (Fsp3) is 0.267. The van der Waals surface area contributed by atoms with Crippen LogP contribution in [-0.2, 0) is 10.0 Å². The van der Waals surface area contributed by atoms with Gasteiger partial charge in [-0.25, -0.2) is 8.42 Å². The molecule has 0 saturated carbocycles. The molecule has 2 aromatic rings. The zero-order valence-electron chi connectivity index (χ0n) is 12.1. The molecule has 1 aromatic carbocycles. The average Bonchev–Trinajstić information content (AvgIpc) is 2.47. The highest BCUT2D eigenvalue weighted by Gasteiger charge is 2.19. The highest BCUT2D eigenvalue weighted by Crippen LogP contribution is 2.24. The minimum atomic E-state index is -3.65. The topological polar surface area (TPSA) is 71.1 Å². The van der Waals surface area contributed by atoms with E-state index in [0.29, 0.717) is 17.1 Å². The lowest BCUT2D eigenvalue weighted by Crippen LogP contribution is -2.16. The number of aromatic nitrogens is 1.